The van der Waals surface area contributed by atoms with Gasteiger partial charge in [-0.3, -0.25) is 9.59 Å². The number of nitrogens with zero attached hydrogens (tertiary/aromatic N) is 1. The van der Waals surface area contributed by atoms with Crippen molar-refractivity contribution in [3.63, 3.8) is 0 Å². The molecule has 1 unspecified atom stereocenters. The van der Waals surface area contributed by atoms with Crippen LogP contribution in [0.1, 0.15) is 59.6 Å². The van der Waals surface area contributed by atoms with Crippen LogP contribution >= 0.6 is 0 Å². The molecule has 1 atom stereocenters. The van der Waals surface area contributed by atoms with Crippen molar-refractivity contribution in [2.24, 2.45) is 0 Å². The van der Waals surface area contributed by atoms with Gasteiger partial charge in [0.15, 0.2) is 16.9 Å². The predicted octanol–water partition coefficient (Wildman–Crippen LogP) is 5.70. The monoisotopic (exact) mass is 485 g/mol. The van der Waals surface area contributed by atoms with E-state index in [2.05, 4.69) is 20.8 Å². The number of halogens is 1. The number of fused-ring (bicyclic) bond motifs is 3. The van der Waals surface area contributed by atoms with Gasteiger partial charge in [-0.15, -0.1) is 0 Å². The molecule has 7 heteroatoms. The van der Waals surface area contributed by atoms with E-state index >= 15 is 0 Å². The summed E-state index contributed by atoms with van der Waals surface area (Å²) in [6.07, 6.45) is 0. The lowest BCUT2D eigenvalue weighted by molar-refractivity contribution is 0.0714. The molecule has 6 rings (SSSR count). The van der Waals surface area contributed by atoms with E-state index in [1.807, 2.05) is 36.4 Å². The summed E-state index contributed by atoms with van der Waals surface area (Å²) in [5, 5.41) is 0.114. The van der Waals surface area contributed by atoms with Crippen molar-refractivity contribution >= 4 is 16.9 Å². The van der Waals surface area contributed by atoms with Gasteiger partial charge in [-0.05, 0) is 52.4 Å². The van der Waals surface area contributed by atoms with Crippen molar-refractivity contribution in [2.45, 2.75) is 38.8 Å². The van der Waals surface area contributed by atoms with Crippen LogP contribution in [0.3, 0.4) is 0 Å². The Hall–Kier alpha value is -4.13. The van der Waals surface area contributed by atoms with Crippen LogP contribution in [0.2, 0.25) is 0 Å². The number of amides is 1. The van der Waals surface area contributed by atoms with E-state index in [1.165, 1.54) is 12.1 Å². The zero-order chi connectivity index (χ0) is 25.2. The average molecular weight is 486 g/mol. The molecule has 0 N–H and O–H groups in total. The molecule has 3 aromatic carbocycles. The lowest BCUT2D eigenvalue weighted by atomic mass is 9.86. The normalized spacial score (nSPS) is 16.6. The fourth-order valence-electron chi connectivity index (χ4n) is 4.90. The van der Waals surface area contributed by atoms with Gasteiger partial charge in [0.05, 0.1) is 17.0 Å². The Kier molecular flexibility index (Phi) is 4.93. The molecular formula is C29H24FNO5. The molecule has 2 aliphatic heterocycles. The summed E-state index contributed by atoms with van der Waals surface area (Å²) < 4.78 is 30.8. The molecular weight excluding hydrogens is 461 g/mol. The van der Waals surface area contributed by atoms with Gasteiger partial charge in [0.1, 0.15) is 11.4 Å². The number of carbonyl (C=O) groups is 1. The molecule has 36 heavy (non-hydrogen) atoms. The molecule has 3 heterocycles. The minimum Gasteiger partial charge on any atom is -0.454 e. The minimum atomic E-state index is -0.684. The molecule has 1 amide bonds. The Labute approximate surface area is 206 Å². The van der Waals surface area contributed by atoms with E-state index in [0.717, 1.165) is 22.8 Å². The van der Waals surface area contributed by atoms with Gasteiger partial charge in [-0.2, -0.15) is 0 Å². The van der Waals surface area contributed by atoms with Gasteiger partial charge < -0.3 is 18.8 Å². The van der Waals surface area contributed by atoms with Crippen LogP contribution < -0.4 is 14.9 Å². The lowest BCUT2D eigenvalue weighted by Gasteiger charge is -2.26. The molecule has 0 bridgehead atoms. The maximum Gasteiger partial charge on any atom is 0.291 e. The highest BCUT2D eigenvalue weighted by atomic mass is 19.1. The van der Waals surface area contributed by atoms with Crippen LogP contribution in [0.15, 0.2) is 69.9 Å². The summed E-state index contributed by atoms with van der Waals surface area (Å²) in [6.45, 7) is 6.74. The quantitative estimate of drug-likeness (QED) is 0.372. The Morgan fingerprint density at radius 2 is 1.69 bits per heavy atom. The Balaban J connectivity index is 1.51. The number of hydrogen-bond acceptors (Lipinski definition) is 5. The number of benzene rings is 3. The van der Waals surface area contributed by atoms with Gasteiger partial charge >= 0.3 is 0 Å². The standard InChI is InChI=1S/C29H24FNO5/c1-29(2,3)18-7-5-17(6-8-18)25-24-26(32)20-13-19(30)9-11-21(20)36-27(24)28(33)31(25)14-16-4-10-22-23(12-16)35-15-34-22/h4-13,25H,14-15H2,1-3H3. The topological polar surface area (TPSA) is 69.0 Å². The van der Waals surface area contributed by atoms with Crippen molar-refractivity contribution in [1.29, 1.82) is 0 Å². The largest absolute Gasteiger partial charge is 0.454 e. The SMILES string of the molecule is CC(C)(C)c1ccc(C2c3c(oc4ccc(F)cc4c3=O)C(=O)N2Cc2ccc3c(c2)OCO3)cc1. The van der Waals surface area contributed by atoms with Crippen molar-refractivity contribution < 1.29 is 23.1 Å². The third kappa shape index (κ3) is 3.54. The average Bonchev–Trinajstić information content (AvgIpc) is 3.42. The highest BCUT2D eigenvalue weighted by Crippen LogP contribution is 2.41. The molecule has 4 aromatic rings. The van der Waals surface area contributed by atoms with Crippen LogP contribution in [-0.2, 0) is 12.0 Å². The van der Waals surface area contributed by atoms with E-state index in [1.54, 1.807) is 11.0 Å². The number of hydrogen-bond donors (Lipinski definition) is 0. The Bertz CT molecular complexity index is 1580. The summed E-state index contributed by atoms with van der Waals surface area (Å²) in [6, 6.07) is 16.5. The van der Waals surface area contributed by atoms with E-state index in [9.17, 15) is 14.0 Å². The van der Waals surface area contributed by atoms with Gasteiger partial charge in [-0.25, -0.2) is 4.39 Å². The van der Waals surface area contributed by atoms with Crippen LogP contribution in [0.25, 0.3) is 11.0 Å². The van der Waals surface area contributed by atoms with Gasteiger partial charge in [0.25, 0.3) is 5.91 Å². The first-order valence-corrected chi connectivity index (χ1v) is 11.8. The molecule has 0 radical (unpaired) electrons. The molecule has 0 spiro atoms. The fraction of sp³-hybridized carbons (Fsp3) is 0.241. The second-order valence-electron chi connectivity index (χ2n) is 10.2. The molecule has 6 nitrogen and oxygen atoms in total. The third-order valence-corrected chi connectivity index (χ3v) is 6.81. The Morgan fingerprint density at radius 1 is 0.944 bits per heavy atom. The molecule has 0 aliphatic carbocycles. The molecule has 0 fully saturated rings. The second kappa shape index (κ2) is 7.95. The second-order valence-corrected chi connectivity index (χ2v) is 10.2. The summed E-state index contributed by atoms with van der Waals surface area (Å²) in [5.41, 5.74) is 2.67. The predicted molar refractivity (Wildman–Crippen MR) is 132 cm³/mol. The smallest absolute Gasteiger partial charge is 0.291 e. The number of rotatable bonds is 3. The van der Waals surface area contributed by atoms with E-state index < -0.39 is 23.2 Å². The van der Waals surface area contributed by atoms with Gasteiger partial charge in [0.2, 0.25) is 12.6 Å². The van der Waals surface area contributed by atoms with E-state index in [0.29, 0.717) is 11.5 Å². The van der Waals surface area contributed by atoms with Crippen LogP contribution in [0.5, 0.6) is 11.5 Å². The summed E-state index contributed by atoms with van der Waals surface area (Å²) in [5.74, 6) is 0.315. The molecule has 1 aromatic heterocycles. The molecule has 182 valence electrons. The third-order valence-electron chi connectivity index (χ3n) is 6.81. The maximum atomic E-state index is 14.0. The van der Waals surface area contributed by atoms with Crippen molar-refractivity contribution in [1.82, 2.24) is 4.90 Å². The first-order valence-electron chi connectivity index (χ1n) is 11.8. The minimum absolute atomic E-state index is 0.00949. The Morgan fingerprint density at radius 3 is 2.44 bits per heavy atom. The molecule has 0 saturated heterocycles. The lowest BCUT2D eigenvalue weighted by Crippen LogP contribution is -2.29. The van der Waals surface area contributed by atoms with Crippen LogP contribution in [0, 0.1) is 5.82 Å². The summed E-state index contributed by atoms with van der Waals surface area (Å²) in [4.78, 5) is 28.9. The van der Waals surface area contributed by atoms with Crippen molar-refractivity contribution in [3.05, 3.63) is 105 Å². The summed E-state index contributed by atoms with van der Waals surface area (Å²) >= 11 is 0. The van der Waals surface area contributed by atoms with Crippen molar-refractivity contribution in [3.8, 4) is 11.5 Å². The maximum absolute atomic E-state index is 14.0. The van der Waals surface area contributed by atoms with E-state index in [4.69, 9.17) is 13.9 Å². The summed E-state index contributed by atoms with van der Waals surface area (Å²) in [7, 11) is 0. The number of carbonyl (C=O) groups excluding carboxylic acids is 1. The highest BCUT2D eigenvalue weighted by Gasteiger charge is 2.43. The number of ether oxygens (including phenoxy) is 2. The van der Waals surface area contributed by atoms with E-state index in [-0.39, 0.29) is 41.0 Å². The van der Waals surface area contributed by atoms with Crippen LogP contribution in [-0.4, -0.2) is 17.6 Å². The first-order chi connectivity index (χ1) is 17.2. The zero-order valence-corrected chi connectivity index (χ0v) is 20.1. The zero-order valence-electron chi connectivity index (χ0n) is 20.1. The van der Waals surface area contributed by atoms with Crippen LogP contribution in [0.4, 0.5) is 4.39 Å². The molecule has 0 saturated carbocycles. The molecule has 2 aliphatic rings. The highest BCUT2D eigenvalue weighted by molar-refractivity contribution is 5.99. The van der Waals surface area contributed by atoms with Gasteiger partial charge in [0, 0.05) is 6.54 Å². The van der Waals surface area contributed by atoms with Gasteiger partial charge in [-0.1, -0.05) is 51.1 Å². The first kappa shape index (κ1) is 22.3. The van der Waals surface area contributed by atoms with Crippen molar-refractivity contribution in [2.75, 3.05) is 6.79 Å². The fourth-order valence-corrected chi connectivity index (χ4v) is 4.90.